The average molecular weight is 518 g/mol. The predicted octanol–water partition coefficient (Wildman–Crippen LogP) is 5.54. The van der Waals surface area contributed by atoms with Crippen LogP contribution in [0.3, 0.4) is 0 Å². The number of nitrogens with zero attached hydrogens (tertiary/aromatic N) is 2. The number of para-hydroxylation sites is 1. The van der Waals surface area contributed by atoms with Crippen LogP contribution in [0.1, 0.15) is 46.9 Å². The second kappa shape index (κ2) is 10.6. The molecule has 2 aliphatic rings. The van der Waals surface area contributed by atoms with Gasteiger partial charge in [-0.25, -0.2) is 0 Å². The highest BCUT2D eigenvalue weighted by Crippen LogP contribution is 2.39. The number of carbonyl (C=O) groups excluding carboxylic acids is 1. The highest BCUT2D eigenvalue weighted by molar-refractivity contribution is 8.23. The molecule has 3 aromatic rings. The molecule has 36 heavy (non-hydrogen) atoms. The lowest BCUT2D eigenvalue weighted by atomic mass is 9.83. The van der Waals surface area contributed by atoms with Gasteiger partial charge in [-0.1, -0.05) is 85.5 Å². The standard InChI is InChI=1S/C29H31N3O2S2/c1-3-21-12-7-9-19(2)26(21)30-28(34)27(22-10-5-4-6-11-22)36-29(35)31-16-20-15-23(18-31)24-13-8-14-25(33)32(24)17-20/h4-14,20,23,27H,3,15-18H2,1-2H3,(H,30,34)/t20-,23-,27+/m0/s1. The number of carbonyl (C=O) groups is 1. The molecule has 0 radical (unpaired) electrons. The first kappa shape index (κ1) is 24.8. The lowest BCUT2D eigenvalue weighted by molar-refractivity contribution is -0.115. The normalized spacial score (nSPS) is 19.3. The first-order valence-corrected chi connectivity index (χ1v) is 13.8. The van der Waals surface area contributed by atoms with Gasteiger partial charge in [0.25, 0.3) is 5.56 Å². The van der Waals surface area contributed by atoms with Gasteiger partial charge in [-0.05, 0) is 48.4 Å². The molecular formula is C29H31N3O2S2. The monoisotopic (exact) mass is 517 g/mol. The Morgan fingerprint density at radius 2 is 1.83 bits per heavy atom. The van der Waals surface area contributed by atoms with E-state index in [0.717, 1.165) is 64.9 Å². The number of piperidine rings is 1. The maximum absolute atomic E-state index is 13.7. The number of pyridine rings is 1. The Hall–Kier alpha value is -2.90. The molecule has 1 amide bonds. The Morgan fingerprint density at radius 3 is 2.61 bits per heavy atom. The fraction of sp³-hybridized carbons (Fsp3) is 0.345. The zero-order valence-electron chi connectivity index (χ0n) is 20.6. The maximum Gasteiger partial charge on any atom is 0.250 e. The maximum atomic E-state index is 13.7. The second-order valence-corrected chi connectivity index (χ2v) is 11.5. The average Bonchev–Trinajstić information content (AvgIpc) is 2.89. The quantitative estimate of drug-likeness (QED) is 0.451. The van der Waals surface area contributed by atoms with Crippen LogP contribution in [-0.2, 0) is 17.8 Å². The highest BCUT2D eigenvalue weighted by atomic mass is 32.2. The van der Waals surface area contributed by atoms with E-state index in [1.807, 2.05) is 60.0 Å². The van der Waals surface area contributed by atoms with Crippen molar-refractivity contribution >= 4 is 39.9 Å². The summed E-state index contributed by atoms with van der Waals surface area (Å²) in [6.45, 7) is 6.43. The molecule has 2 bridgehead atoms. The van der Waals surface area contributed by atoms with E-state index in [9.17, 15) is 9.59 Å². The largest absolute Gasteiger partial charge is 0.356 e. The Bertz CT molecular complexity index is 1340. The van der Waals surface area contributed by atoms with Crippen molar-refractivity contribution in [2.24, 2.45) is 5.92 Å². The summed E-state index contributed by atoms with van der Waals surface area (Å²) in [4.78, 5) is 28.3. The summed E-state index contributed by atoms with van der Waals surface area (Å²) in [5, 5.41) is 2.76. The number of thiocarbonyl (C=S) groups is 1. The molecule has 1 saturated heterocycles. The first-order valence-electron chi connectivity index (χ1n) is 12.5. The van der Waals surface area contributed by atoms with Gasteiger partial charge in [0.05, 0.1) is 0 Å². The Balaban J connectivity index is 1.37. The summed E-state index contributed by atoms with van der Waals surface area (Å²) in [5.74, 6) is 0.581. The van der Waals surface area contributed by atoms with E-state index in [1.54, 1.807) is 6.07 Å². The third-order valence-electron chi connectivity index (χ3n) is 7.29. The summed E-state index contributed by atoms with van der Waals surface area (Å²) in [6.07, 6.45) is 1.92. The van der Waals surface area contributed by atoms with E-state index in [0.29, 0.717) is 5.92 Å². The molecule has 2 aromatic carbocycles. The summed E-state index contributed by atoms with van der Waals surface area (Å²) in [5.41, 5.74) is 5.19. The molecule has 3 heterocycles. The molecule has 0 aliphatic carbocycles. The smallest absolute Gasteiger partial charge is 0.250 e. The van der Waals surface area contributed by atoms with Crippen LogP contribution in [0.15, 0.2) is 71.5 Å². The van der Waals surface area contributed by atoms with E-state index >= 15 is 0 Å². The summed E-state index contributed by atoms with van der Waals surface area (Å²) in [6, 6.07) is 21.6. The van der Waals surface area contributed by atoms with Gasteiger partial charge in [0.1, 0.15) is 9.57 Å². The number of nitrogens with one attached hydrogen (secondary N) is 1. The zero-order chi connectivity index (χ0) is 25.2. The van der Waals surface area contributed by atoms with Crippen molar-refractivity contribution in [1.82, 2.24) is 9.47 Å². The van der Waals surface area contributed by atoms with Gasteiger partial charge >= 0.3 is 0 Å². The lowest BCUT2D eigenvalue weighted by Crippen LogP contribution is -2.48. The van der Waals surface area contributed by atoms with Crippen molar-refractivity contribution in [2.75, 3.05) is 18.4 Å². The Morgan fingerprint density at radius 1 is 1.06 bits per heavy atom. The van der Waals surface area contributed by atoms with Crippen molar-refractivity contribution in [3.63, 3.8) is 0 Å². The number of benzene rings is 2. The molecule has 7 heteroatoms. The Labute approximate surface area is 221 Å². The van der Waals surface area contributed by atoms with Crippen molar-refractivity contribution in [2.45, 2.75) is 44.4 Å². The molecular weight excluding hydrogens is 486 g/mol. The van der Waals surface area contributed by atoms with Gasteiger partial charge in [-0.3, -0.25) is 9.59 Å². The Kier molecular flexibility index (Phi) is 7.30. The number of likely N-dealkylation sites (tertiary alicyclic amines) is 1. The van der Waals surface area contributed by atoms with Gasteiger partial charge in [-0.15, -0.1) is 0 Å². The molecule has 0 spiro atoms. The molecule has 5 rings (SSSR count). The van der Waals surface area contributed by atoms with Gasteiger partial charge in [0.15, 0.2) is 0 Å². The third kappa shape index (κ3) is 5.00. The van der Waals surface area contributed by atoms with E-state index < -0.39 is 5.25 Å². The predicted molar refractivity (Wildman–Crippen MR) is 152 cm³/mol. The molecule has 0 unspecified atom stereocenters. The number of thioether (sulfide) groups is 1. The number of fused-ring (bicyclic) bond motifs is 4. The lowest BCUT2D eigenvalue weighted by Gasteiger charge is -2.43. The van der Waals surface area contributed by atoms with Crippen LogP contribution < -0.4 is 10.9 Å². The molecule has 0 saturated carbocycles. The zero-order valence-corrected chi connectivity index (χ0v) is 22.3. The number of hydrogen-bond donors (Lipinski definition) is 1. The minimum atomic E-state index is -0.459. The molecule has 1 N–H and O–H groups in total. The summed E-state index contributed by atoms with van der Waals surface area (Å²) >= 11 is 7.40. The highest BCUT2D eigenvalue weighted by Gasteiger charge is 2.36. The van der Waals surface area contributed by atoms with Crippen LogP contribution in [0.25, 0.3) is 0 Å². The molecule has 3 atom stereocenters. The van der Waals surface area contributed by atoms with Crippen LogP contribution in [0.2, 0.25) is 0 Å². The third-order valence-corrected chi connectivity index (χ3v) is 9.01. The van der Waals surface area contributed by atoms with Crippen LogP contribution in [0, 0.1) is 12.8 Å². The topological polar surface area (TPSA) is 54.3 Å². The van der Waals surface area contributed by atoms with Crippen molar-refractivity contribution < 1.29 is 4.79 Å². The molecule has 5 nitrogen and oxygen atoms in total. The van der Waals surface area contributed by atoms with Crippen LogP contribution in [0.4, 0.5) is 5.69 Å². The van der Waals surface area contributed by atoms with Gasteiger partial charge in [-0.2, -0.15) is 0 Å². The number of aromatic nitrogens is 1. The molecule has 2 aliphatic heterocycles. The number of hydrogen-bond acceptors (Lipinski definition) is 4. The number of amides is 1. The van der Waals surface area contributed by atoms with Crippen molar-refractivity contribution in [3.8, 4) is 0 Å². The second-order valence-electron chi connectivity index (χ2n) is 9.73. The van der Waals surface area contributed by atoms with Crippen molar-refractivity contribution in [1.29, 1.82) is 0 Å². The number of aryl methyl sites for hydroxylation is 2. The van der Waals surface area contributed by atoms with E-state index in [4.69, 9.17) is 12.2 Å². The number of rotatable bonds is 5. The van der Waals surface area contributed by atoms with Gasteiger partial charge in [0, 0.05) is 43.0 Å². The summed E-state index contributed by atoms with van der Waals surface area (Å²) < 4.78 is 2.67. The molecule has 186 valence electrons. The van der Waals surface area contributed by atoms with Crippen LogP contribution in [-0.4, -0.2) is 32.8 Å². The fourth-order valence-electron chi connectivity index (χ4n) is 5.51. The van der Waals surface area contributed by atoms with E-state index in [2.05, 4.69) is 29.3 Å². The SMILES string of the molecule is CCc1cccc(C)c1NC(=O)[C@H](SC(=S)N1C[C@@H]2C[C@@H](C1)c1cccc(=O)n1C2)c1ccccc1. The van der Waals surface area contributed by atoms with Crippen LogP contribution in [0.5, 0.6) is 0 Å². The van der Waals surface area contributed by atoms with Crippen LogP contribution >= 0.6 is 24.0 Å². The molecule has 1 fully saturated rings. The fourth-order valence-corrected chi connectivity index (χ4v) is 6.91. The van der Waals surface area contributed by atoms with E-state index in [-0.39, 0.29) is 17.4 Å². The minimum Gasteiger partial charge on any atom is -0.356 e. The van der Waals surface area contributed by atoms with Gasteiger partial charge in [0.2, 0.25) is 5.91 Å². The minimum absolute atomic E-state index is 0.0633. The first-order chi connectivity index (χ1) is 17.4. The van der Waals surface area contributed by atoms with Gasteiger partial charge < -0.3 is 14.8 Å². The van der Waals surface area contributed by atoms with E-state index in [1.165, 1.54) is 11.8 Å². The summed E-state index contributed by atoms with van der Waals surface area (Å²) in [7, 11) is 0. The number of anilines is 1. The molecule has 1 aromatic heterocycles. The van der Waals surface area contributed by atoms with Crippen molar-refractivity contribution in [3.05, 3.63) is 99.5 Å².